The summed E-state index contributed by atoms with van der Waals surface area (Å²) in [7, 11) is 0. The molecule has 0 aliphatic rings. The van der Waals surface area contributed by atoms with Crippen LogP contribution < -0.4 is 5.73 Å². The van der Waals surface area contributed by atoms with Gasteiger partial charge in [0.05, 0.1) is 11.4 Å². The second-order valence-corrected chi connectivity index (χ2v) is 2.77. The topological polar surface area (TPSA) is 38.4 Å². The highest BCUT2D eigenvalue weighted by molar-refractivity contribution is 5.62. The van der Waals surface area contributed by atoms with E-state index in [1.807, 2.05) is 20.1 Å². The molecule has 0 aromatic rings. The van der Waals surface area contributed by atoms with E-state index in [2.05, 4.69) is 18.2 Å². The molecule has 0 fully saturated rings. The van der Waals surface area contributed by atoms with Crippen molar-refractivity contribution in [2.75, 3.05) is 0 Å². The lowest BCUT2D eigenvalue weighted by atomic mass is 10.2. The summed E-state index contributed by atoms with van der Waals surface area (Å²) in [6.07, 6.45) is 5.01. The van der Waals surface area contributed by atoms with Gasteiger partial charge >= 0.3 is 0 Å². The first-order chi connectivity index (χ1) is 5.61. The predicted molar refractivity (Wildman–Crippen MR) is 57.1 cm³/mol. The lowest BCUT2D eigenvalue weighted by molar-refractivity contribution is 0.905. The maximum atomic E-state index is 5.59. The molecule has 0 atom stereocenters. The van der Waals surface area contributed by atoms with Crippen LogP contribution in [0.15, 0.2) is 41.7 Å². The third kappa shape index (κ3) is 3.76. The van der Waals surface area contributed by atoms with Crippen molar-refractivity contribution in [3.63, 3.8) is 0 Å². The standard InChI is InChI=1S/C10H16N2.H2/c1-5-9(11)10(6-2)12-7-8(3)4;/h5-8H,1-2,11H2,3-4H3;1H/b10-9-,12-7?;. The van der Waals surface area contributed by atoms with Gasteiger partial charge in [0.15, 0.2) is 0 Å². The Balaban J connectivity index is 0. The number of aliphatic imine (C=N–C) groups is 1. The average Bonchev–Trinajstić information content (AvgIpc) is 2.04. The molecule has 0 radical (unpaired) electrons. The minimum atomic E-state index is 0. The van der Waals surface area contributed by atoms with Gasteiger partial charge in [-0.2, -0.15) is 0 Å². The fourth-order valence-corrected chi connectivity index (χ4v) is 0.579. The van der Waals surface area contributed by atoms with Crippen molar-refractivity contribution in [1.82, 2.24) is 0 Å². The molecule has 2 heteroatoms. The third-order valence-electron chi connectivity index (χ3n) is 1.22. The summed E-state index contributed by atoms with van der Waals surface area (Å²) in [6.45, 7) is 11.3. The van der Waals surface area contributed by atoms with E-state index >= 15 is 0 Å². The molecule has 12 heavy (non-hydrogen) atoms. The highest BCUT2D eigenvalue weighted by Gasteiger charge is 1.92. The van der Waals surface area contributed by atoms with Crippen LogP contribution in [0.3, 0.4) is 0 Å². The summed E-state index contributed by atoms with van der Waals surface area (Å²) in [6, 6.07) is 0. The second kappa shape index (κ2) is 5.35. The van der Waals surface area contributed by atoms with Gasteiger partial charge in [-0.05, 0) is 18.1 Å². The van der Waals surface area contributed by atoms with Crippen molar-refractivity contribution in [3.8, 4) is 0 Å². The lowest BCUT2D eigenvalue weighted by Gasteiger charge is -1.98. The Hall–Kier alpha value is -1.31. The van der Waals surface area contributed by atoms with Gasteiger partial charge in [0.25, 0.3) is 0 Å². The number of nitrogens with two attached hydrogens (primary N) is 1. The van der Waals surface area contributed by atoms with Crippen LogP contribution >= 0.6 is 0 Å². The van der Waals surface area contributed by atoms with Gasteiger partial charge < -0.3 is 5.73 Å². The van der Waals surface area contributed by atoms with Gasteiger partial charge in [-0.1, -0.05) is 27.0 Å². The normalized spacial score (nSPS) is 13.2. The number of allylic oxidation sites excluding steroid dienone is 2. The van der Waals surface area contributed by atoms with Gasteiger partial charge in [0, 0.05) is 7.64 Å². The van der Waals surface area contributed by atoms with Crippen molar-refractivity contribution in [2.24, 2.45) is 16.6 Å². The molecule has 0 aromatic carbocycles. The van der Waals surface area contributed by atoms with Crippen molar-refractivity contribution in [2.45, 2.75) is 13.8 Å². The highest BCUT2D eigenvalue weighted by Crippen LogP contribution is 2.03. The fourth-order valence-electron chi connectivity index (χ4n) is 0.579. The van der Waals surface area contributed by atoms with E-state index < -0.39 is 0 Å². The van der Waals surface area contributed by atoms with Crippen molar-refractivity contribution >= 4 is 6.21 Å². The summed E-state index contributed by atoms with van der Waals surface area (Å²) in [5, 5.41) is 0. The van der Waals surface area contributed by atoms with E-state index in [9.17, 15) is 0 Å². The summed E-state index contributed by atoms with van der Waals surface area (Å²) in [4.78, 5) is 4.15. The second-order valence-electron chi connectivity index (χ2n) is 2.77. The molecule has 0 aromatic heterocycles. The molecule has 0 spiro atoms. The van der Waals surface area contributed by atoms with Crippen LogP contribution in [-0.2, 0) is 0 Å². The third-order valence-corrected chi connectivity index (χ3v) is 1.22. The van der Waals surface area contributed by atoms with E-state index in [1.54, 1.807) is 12.2 Å². The molecule has 68 valence electrons. The molecule has 0 bridgehead atoms. The first kappa shape index (κ1) is 10.7. The highest BCUT2D eigenvalue weighted by atomic mass is 14.8. The van der Waals surface area contributed by atoms with E-state index in [4.69, 9.17) is 5.73 Å². The Morgan fingerprint density at radius 3 is 2.33 bits per heavy atom. The Kier molecular flexibility index (Phi) is 4.77. The summed E-state index contributed by atoms with van der Waals surface area (Å²) in [5.41, 5.74) is 6.83. The molecule has 0 amide bonds. The summed E-state index contributed by atoms with van der Waals surface area (Å²) >= 11 is 0. The van der Waals surface area contributed by atoms with Crippen molar-refractivity contribution in [3.05, 3.63) is 36.7 Å². The zero-order valence-electron chi connectivity index (χ0n) is 7.75. The van der Waals surface area contributed by atoms with Gasteiger partial charge in [0.1, 0.15) is 0 Å². The Labute approximate surface area is 75.7 Å². The number of hydrogen-bond donors (Lipinski definition) is 1. The first-order valence-electron chi connectivity index (χ1n) is 3.90. The van der Waals surface area contributed by atoms with Gasteiger partial charge in [0.2, 0.25) is 0 Å². The van der Waals surface area contributed by atoms with E-state index in [0.717, 1.165) is 0 Å². The maximum Gasteiger partial charge on any atom is 0.0848 e. The number of hydrogen-bond acceptors (Lipinski definition) is 2. The molecular formula is C10H18N2. The molecular weight excluding hydrogens is 148 g/mol. The number of rotatable bonds is 4. The zero-order valence-corrected chi connectivity index (χ0v) is 7.75. The maximum absolute atomic E-state index is 5.59. The Morgan fingerprint density at radius 2 is 2.00 bits per heavy atom. The lowest BCUT2D eigenvalue weighted by Crippen LogP contribution is -1.97. The molecule has 0 heterocycles. The molecule has 2 N–H and O–H groups in total. The predicted octanol–water partition coefficient (Wildman–Crippen LogP) is 2.50. The first-order valence-corrected chi connectivity index (χ1v) is 3.90. The van der Waals surface area contributed by atoms with Gasteiger partial charge in [-0.25, -0.2) is 0 Å². The molecule has 0 saturated carbocycles. The molecule has 0 unspecified atom stereocenters. The van der Waals surface area contributed by atoms with Crippen LogP contribution in [0.5, 0.6) is 0 Å². The largest absolute Gasteiger partial charge is 0.397 e. The minimum Gasteiger partial charge on any atom is -0.397 e. The Morgan fingerprint density at radius 1 is 1.42 bits per heavy atom. The molecule has 0 aliphatic carbocycles. The fraction of sp³-hybridized carbons (Fsp3) is 0.300. The van der Waals surface area contributed by atoms with E-state index in [0.29, 0.717) is 17.3 Å². The van der Waals surface area contributed by atoms with Crippen LogP contribution in [0.25, 0.3) is 0 Å². The molecule has 0 aliphatic heterocycles. The monoisotopic (exact) mass is 166 g/mol. The van der Waals surface area contributed by atoms with Crippen molar-refractivity contribution in [1.29, 1.82) is 0 Å². The summed E-state index contributed by atoms with van der Waals surface area (Å²) < 4.78 is 0. The zero-order chi connectivity index (χ0) is 9.56. The number of nitrogens with zero attached hydrogens (tertiary/aromatic N) is 1. The Bertz CT molecular complexity index is 227. The van der Waals surface area contributed by atoms with Crippen LogP contribution in [0, 0.1) is 5.92 Å². The molecule has 2 nitrogen and oxygen atoms in total. The van der Waals surface area contributed by atoms with Gasteiger partial charge in [-0.15, -0.1) is 0 Å². The summed E-state index contributed by atoms with van der Waals surface area (Å²) in [5.74, 6) is 0.414. The SMILES string of the molecule is C=C/C(N)=C(\C=C)N=CC(C)C.[HH]. The van der Waals surface area contributed by atoms with Gasteiger partial charge in [-0.3, -0.25) is 4.99 Å². The van der Waals surface area contributed by atoms with Crippen LogP contribution in [-0.4, -0.2) is 6.21 Å². The van der Waals surface area contributed by atoms with E-state index in [-0.39, 0.29) is 1.43 Å². The minimum absolute atomic E-state index is 0. The molecule has 0 saturated heterocycles. The molecule has 0 rings (SSSR count). The van der Waals surface area contributed by atoms with Crippen LogP contribution in [0.1, 0.15) is 15.3 Å². The smallest absolute Gasteiger partial charge is 0.0848 e. The average molecular weight is 166 g/mol. The quantitative estimate of drug-likeness (QED) is 0.505. The van der Waals surface area contributed by atoms with Crippen LogP contribution in [0.2, 0.25) is 0 Å². The van der Waals surface area contributed by atoms with Crippen LogP contribution in [0.4, 0.5) is 0 Å². The van der Waals surface area contributed by atoms with Crippen molar-refractivity contribution < 1.29 is 1.43 Å². The van der Waals surface area contributed by atoms with E-state index in [1.165, 1.54) is 0 Å².